The van der Waals surface area contributed by atoms with Crippen molar-refractivity contribution in [3.8, 4) is 0 Å². The molecule has 1 heterocycles. The molecule has 21 heavy (non-hydrogen) atoms. The van der Waals surface area contributed by atoms with Crippen LogP contribution in [0.25, 0.3) is 0 Å². The lowest BCUT2D eigenvalue weighted by Crippen LogP contribution is -2.49. The Kier molecular flexibility index (Phi) is 5.57. The molecule has 0 saturated carbocycles. The maximum absolute atomic E-state index is 11.9. The molecule has 1 amide bonds. The predicted molar refractivity (Wildman–Crippen MR) is 76.9 cm³/mol. The molecule has 6 nitrogen and oxygen atoms in total. The van der Waals surface area contributed by atoms with Crippen molar-refractivity contribution < 1.29 is 19.4 Å². The third kappa shape index (κ3) is 5.07. The van der Waals surface area contributed by atoms with Crippen molar-refractivity contribution in [3.63, 3.8) is 0 Å². The van der Waals surface area contributed by atoms with E-state index in [1.807, 2.05) is 30.3 Å². The van der Waals surface area contributed by atoms with Gasteiger partial charge in [0.1, 0.15) is 6.61 Å². The van der Waals surface area contributed by atoms with Crippen molar-refractivity contribution in [1.82, 2.24) is 9.80 Å². The van der Waals surface area contributed by atoms with Crippen LogP contribution in [0.3, 0.4) is 0 Å². The van der Waals surface area contributed by atoms with Gasteiger partial charge in [0.05, 0.1) is 6.42 Å². The van der Waals surface area contributed by atoms with E-state index < -0.39 is 5.97 Å². The van der Waals surface area contributed by atoms with Gasteiger partial charge in [-0.15, -0.1) is 0 Å². The average molecular weight is 292 g/mol. The summed E-state index contributed by atoms with van der Waals surface area (Å²) >= 11 is 0. The van der Waals surface area contributed by atoms with Gasteiger partial charge in [0.15, 0.2) is 0 Å². The first-order valence-corrected chi connectivity index (χ1v) is 7.05. The molecule has 0 unspecified atom stereocenters. The summed E-state index contributed by atoms with van der Waals surface area (Å²) < 4.78 is 5.28. The summed E-state index contributed by atoms with van der Waals surface area (Å²) in [7, 11) is 0. The van der Waals surface area contributed by atoms with Crippen LogP contribution in [0.1, 0.15) is 12.0 Å². The lowest BCUT2D eigenvalue weighted by atomic mass is 10.2. The third-order valence-electron chi connectivity index (χ3n) is 3.48. The molecule has 0 bridgehead atoms. The number of benzene rings is 1. The number of hydrogen-bond acceptors (Lipinski definition) is 4. The van der Waals surface area contributed by atoms with Gasteiger partial charge in [-0.3, -0.25) is 9.69 Å². The summed E-state index contributed by atoms with van der Waals surface area (Å²) in [6, 6.07) is 9.56. The Morgan fingerprint density at radius 1 is 1.10 bits per heavy atom. The quantitative estimate of drug-likeness (QED) is 0.888. The van der Waals surface area contributed by atoms with E-state index in [1.54, 1.807) is 4.90 Å². The number of piperazine rings is 1. The highest BCUT2D eigenvalue weighted by molar-refractivity contribution is 5.68. The first-order valence-electron chi connectivity index (χ1n) is 7.05. The number of hydrogen-bond donors (Lipinski definition) is 1. The molecule has 1 aliphatic heterocycles. The van der Waals surface area contributed by atoms with Crippen molar-refractivity contribution in [2.24, 2.45) is 0 Å². The molecule has 1 saturated heterocycles. The molecule has 1 fully saturated rings. The van der Waals surface area contributed by atoms with Gasteiger partial charge >= 0.3 is 12.1 Å². The van der Waals surface area contributed by atoms with E-state index in [2.05, 4.69) is 4.90 Å². The second kappa shape index (κ2) is 7.64. The lowest BCUT2D eigenvalue weighted by molar-refractivity contribution is -0.137. The highest BCUT2D eigenvalue weighted by Crippen LogP contribution is 2.07. The van der Waals surface area contributed by atoms with E-state index in [4.69, 9.17) is 9.84 Å². The Balaban J connectivity index is 1.69. The Morgan fingerprint density at radius 2 is 1.76 bits per heavy atom. The summed E-state index contributed by atoms with van der Waals surface area (Å²) in [5, 5.41) is 8.65. The smallest absolute Gasteiger partial charge is 0.410 e. The normalized spacial score (nSPS) is 15.7. The fraction of sp³-hybridized carbons (Fsp3) is 0.467. The monoisotopic (exact) mass is 292 g/mol. The van der Waals surface area contributed by atoms with E-state index >= 15 is 0 Å². The summed E-state index contributed by atoms with van der Waals surface area (Å²) in [6.07, 6.45) is -0.171. The first-order chi connectivity index (χ1) is 10.1. The zero-order valence-electron chi connectivity index (χ0n) is 11.9. The Hall–Kier alpha value is -2.08. The lowest BCUT2D eigenvalue weighted by Gasteiger charge is -2.33. The molecule has 114 valence electrons. The predicted octanol–water partition coefficient (Wildman–Crippen LogP) is 1.42. The Bertz CT molecular complexity index is 470. The maximum atomic E-state index is 11.9. The van der Waals surface area contributed by atoms with Gasteiger partial charge in [-0.25, -0.2) is 4.79 Å². The van der Waals surface area contributed by atoms with Crippen LogP contribution in [0.15, 0.2) is 30.3 Å². The van der Waals surface area contributed by atoms with Crippen molar-refractivity contribution in [2.45, 2.75) is 13.0 Å². The van der Waals surface area contributed by atoms with E-state index in [0.29, 0.717) is 32.7 Å². The minimum Gasteiger partial charge on any atom is -0.481 e. The molecule has 0 aromatic heterocycles. The summed E-state index contributed by atoms with van der Waals surface area (Å²) in [4.78, 5) is 26.2. The van der Waals surface area contributed by atoms with Crippen molar-refractivity contribution >= 4 is 12.1 Å². The molecular formula is C15H20N2O4. The fourth-order valence-corrected chi connectivity index (χ4v) is 2.22. The largest absolute Gasteiger partial charge is 0.481 e. The summed E-state index contributed by atoms with van der Waals surface area (Å²) in [5.41, 5.74) is 0.964. The van der Waals surface area contributed by atoms with E-state index in [9.17, 15) is 9.59 Å². The number of carbonyl (C=O) groups excluding carboxylic acids is 1. The Labute approximate surface area is 123 Å². The minimum atomic E-state index is -0.792. The van der Waals surface area contributed by atoms with Gasteiger partial charge < -0.3 is 14.7 Å². The molecule has 1 aromatic rings. The molecule has 1 aromatic carbocycles. The number of rotatable bonds is 5. The Morgan fingerprint density at radius 3 is 2.38 bits per heavy atom. The van der Waals surface area contributed by atoms with Crippen LogP contribution in [0.2, 0.25) is 0 Å². The van der Waals surface area contributed by atoms with Gasteiger partial charge in [-0.05, 0) is 5.56 Å². The molecule has 1 N–H and O–H groups in total. The number of nitrogens with zero attached hydrogens (tertiary/aromatic N) is 2. The molecule has 2 rings (SSSR count). The van der Waals surface area contributed by atoms with Gasteiger partial charge in [-0.2, -0.15) is 0 Å². The second-order valence-electron chi connectivity index (χ2n) is 5.01. The highest BCUT2D eigenvalue weighted by Gasteiger charge is 2.22. The van der Waals surface area contributed by atoms with Crippen LogP contribution in [-0.2, 0) is 16.1 Å². The fourth-order valence-electron chi connectivity index (χ4n) is 2.22. The maximum Gasteiger partial charge on any atom is 0.410 e. The van der Waals surface area contributed by atoms with Crippen LogP contribution >= 0.6 is 0 Å². The van der Waals surface area contributed by atoms with E-state index in [-0.39, 0.29) is 19.1 Å². The number of amides is 1. The van der Waals surface area contributed by atoms with Crippen LogP contribution < -0.4 is 0 Å². The molecular weight excluding hydrogens is 272 g/mol. The zero-order valence-corrected chi connectivity index (χ0v) is 11.9. The summed E-state index contributed by atoms with van der Waals surface area (Å²) in [5.74, 6) is -0.792. The average Bonchev–Trinajstić information content (AvgIpc) is 2.52. The summed E-state index contributed by atoms with van der Waals surface area (Å²) in [6.45, 7) is 3.34. The number of carboxylic acid groups (broad SMARTS) is 1. The van der Waals surface area contributed by atoms with Gasteiger partial charge in [0.2, 0.25) is 0 Å². The molecule has 0 radical (unpaired) electrons. The van der Waals surface area contributed by atoms with E-state index in [1.165, 1.54) is 0 Å². The topological polar surface area (TPSA) is 70.1 Å². The zero-order chi connectivity index (χ0) is 15.1. The van der Waals surface area contributed by atoms with Crippen LogP contribution in [-0.4, -0.2) is 59.7 Å². The van der Waals surface area contributed by atoms with Crippen molar-refractivity contribution in [2.75, 3.05) is 32.7 Å². The molecule has 0 spiro atoms. The number of aliphatic carboxylic acids is 1. The van der Waals surface area contributed by atoms with Gasteiger partial charge in [0.25, 0.3) is 0 Å². The van der Waals surface area contributed by atoms with Gasteiger partial charge in [0, 0.05) is 32.7 Å². The molecule has 0 aliphatic carbocycles. The number of carboxylic acids is 1. The SMILES string of the molecule is O=C(O)CCN1CCN(C(=O)OCc2ccccc2)CC1. The van der Waals surface area contributed by atoms with Gasteiger partial charge in [-0.1, -0.05) is 30.3 Å². The first kappa shape index (κ1) is 15.3. The third-order valence-corrected chi connectivity index (χ3v) is 3.48. The number of carbonyl (C=O) groups is 2. The number of ether oxygens (including phenoxy) is 1. The van der Waals surface area contributed by atoms with Crippen LogP contribution in [0.5, 0.6) is 0 Å². The second-order valence-corrected chi connectivity index (χ2v) is 5.01. The minimum absolute atomic E-state index is 0.137. The van der Waals surface area contributed by atoms with Crippen molar-refractivity contribution in [3.05, 3.63) is 35.9 Å². The standard InChI is InChI=1S/C15H20N2O4/c18-14(19)6-7-16-8-10-17(11-9-16)15(20)21-12-13-4-2-1-3-5-13/h1-5H,6-12H2,(H,18,19). The van der Waals surface area contributed by atoms with E-state index in [0.717, 1.165) is 5.56 Å². The molecule has 1 aliphatic rings. The van der Waals surface area contributed by atoms with Crippen molar-refractivity contribution in [1.29, 1.82) is 0 Å². The highest BCUT2D eigenvalue weighted by atomic mass is 16.6. The molecule has 0 atom stereocenters. The molecule has 6 heteroatoms. The van der Waals surface area contributed by atoms with Crippen LogP contribution in [0, 0.1) is 0 Å². The van der Waals surface area contributed by atoms with Crippen LogP contribution in [0.4, 0.5) is 4.79 Å².